The van der Waals surface area contributed by atoms with E-state index in [2.05, 4.69) is 5.18 Å². The third kappa shape index (κ3) is 2.94. The van der Waals surface area contributed by atoms with Crippen LogP contribution >= 0.6 is 0 Å². The predicted octanol–water partition coefficient (Wildman–Crippen LogP) is 2.90. The van der Waals surface area contributed by atoms with Crippen LogP contribution in [0.4, 0.5) is 0 Å². The fourth-order valence-electron chi connectivity index (χ4n) is 2.35. The Morgan fingerprint density at radius 1 is 1.06 bits per heavy atom. The van der Waals surface area contributed by atoms with Crippen LogP contribution in [0.1, 0.15) is 37.3 Å². The standard InChI is InChI=1S/C14H18N2O2/c17-14(16-10-6-1-2-7-11-16)13(15-18)12-8-4-3-5-9-12/h3-5,8-9,13H,1-2,6-7,10-11H2. The Labute approximate surface area is 107 Å². The lowest BCUT2D eigenvalue weighted by molar-refractivity contribution is -0.132. The average Bonchev–Trinajstić information content (AvgIpc) is 2.69. The van der Waals surface area contributed by atoms with Crippen molar-refractivity contribution in [2.45, 2.75) is 31.7 Å². The van der Waals surface area contributed by atoms with E-state index in [0.29, 0.717) is 5.56 Å². The summed E-state index contributed by atoms with van der Waals surface area (Å²) >= 11 is 0. The molecule has 1 aromatic carbocycles. The zero-order chi connectivity index (χ0) is 12.8. The summed E-state index contributed by atoms with van der Waals surface area (Å²) in [4.78, 5) is 25.1. The van der Waals surface area contributed by atoms with Crippen LogP contribution in [-0.2, 0) is 4.79 Å². The monoisotopic (exact) mass is 246 g/mol. The Hall–Kier alpha value is -1.71. The third-order valence-electron chi connectivity index (χ3n) is 3.37. The molecule has 0 aliphatic carbocycles. The van der Waals surface area contributed by atoms with Crippen LogP contribution in [-0.4, -0.2) is 23.9 Å². The molecule has 2 rings (SSSR count). The smallest absolute Gasteiger partial charge is 0.255 e. The number of hydrogen-bond donors (Lipinski definition) is 0. The van der Waals surface area contributed by atoms with Gasteiger partial charge in [0.1, 0.15) is 0 Å². The van der Waals surface area contributed by atoms with Crippen molar-refractivity contribution in [2.75, 3.05) is 13.1 Å². The minimum absolute atomic E-state index is 0.155. The molecule has 4 heteroatoms. The maximum Gasteiger partial charge on any atom is 0.255 e. The Kier molecular flexibility index (Phi) is 4.45. The van der Waals surface area contributed by atoms with E-state index in [4.69, 9.17) is 0 Å². The molecule has 1 amide bonds. The number of benzene rings is 1. The number of carbonyl (C=O) groups excluding carboxylic acids is 1. The molecule has 0 radical (unpaired) electrons. The third-order valence-corrected chi connectivity index (χ3v) is 3.37. The summed E-state index contributed by atoms with van der Waals surface area (Å²) in [6.07, 6.45) is 4.36. The molecule has 96 valence electrons. The van der Waals surface area contributed by atoms with Gasteiger partial charge in [-0.25, -0.2) is 0 Å². The second-order valence-electron chi connectivity index (χ2n) is 4.66. The van der Waals surface area contributed by atoms with Crippen LogP contribution in [0.5, 0.6) is 0 Å². The van der Waals surface area contributed by atoms with Gasteiger partial charge in [0, 0.05) is 13.1 Å². The molecule has 18 heavy (non-hydrogen) atoms. The van der Waals surface area contributed by atoms with E-state index in [1.165, 1.54) is 0 Å². The molecule has 1 aliphatic rings. The lowest BCUT2D eigenvalue weighted by Gasteiger charge is -2.22. The van der Waals surface area contributed by atoms with Crippen LogP contribution in [0.3, 0.4) is 0 Å². The van der Waals surface area contributed by atoms with Crippen molar-refractivity contribution < 1.29 is 4.79 Å². The summed E-state index contributed by atoms with van der Waals surface area (Å²) in [7, 11) is 0. The number of rotatable bonds is 3. The highest BCUT2D eigenvalue weighted by Crippen LogP contribution is 2.21. The first-order chi connectivity index (χ1) is 8.83. The lowest BCUT2D eigenvalue weighted by atomic mass is 10.1. The minimum atomic E-state index is -0.885. The van der Waals surface area contributed by atoms with Crippen molar-refractivity contribution in [1.82, 2.24) is 4.90 Å². The van der Waals surface area contributed by atoms with Gasteiger partial charge >= 0.3 is 0 Å². The van der Waals surface area contributed by atoms with E-state index in [1.54, 1.807) is 17.0 Å². The van der Waals surface area contributed by atoms with E-state index in [1.807, 2.05) is 18.2 Å². The molecule has 1 aromatic rings. The Morgan fingerprint density at radius 3 is 2.22 bits per heavy atom. The van der Waals surface area contributed by atoms with Gasteiger partial charge in [-0.05, 0) is 18.4 Å². The molecule has 1 fully saturated rings. The average molecular weight is 246 g/mol. The van der Waals surface area contributed by atoms with Gasteiger partial charge in [-0.3, -0.25) is 4.79 Å². The van der Waals surface area contributed by atoms with E-state index in [0.717, 1.165) is 38.8 Å². The molecular weight excluding hydrogens is 228 g/mol. The molecule has 0 aromatic heterocycles. The number of amides is 1. The van der Waals surface area contributed by atoms with E-state index in [-0.39, 0.29) is 5.91 Å². The molecule has 0 bridgehead atoms. The van der Waals surface area contributed by atoms with Gasteiger partial charge in [0.05, 0.1) is 0 Å². The lowest BCUT2D eigenvalue weighted by Crippen LogP contribution is -2.35. The van der Waals surface area contributed by atoms with Crippen LogP contribution < -0.4 is 0 Å². The molecule has 4 nitrogen and oxygen atoms in total. The van der Waals surface area contributed by atoms with Crippen molar-refractivity contribution in [1.29, 1.82) is 0 Å². The van der Waals surface area contributed by atoms with Crippen LogP contribution in [0.2, 0.25) is 0 Å². The molecule has 1 aliphatic heterocycles. The fourth-order valence-corrected chi connectivity index (χ4v) is 2.35. The maximum atomic E-state index is 12.3. The summed E-state index contributed by atoms with van der Waals surface area (Å²) in [5.41, 5.74) is 0.682. The topological polar surface area (TPSA) is 49.7 Å². The zero-order valence-corrected chi connectivity index (χ0v) is 10.4. The van der Waals surface area contributed by atoms with Crippen LogP contribution in [0.15, 0.2) is 35.5 Å². The highest BCUT2D eigenvalue weighted by atomic mass is 16.3. The maximum absolute atomic E-state index is 12.3. The fraction of sp³-hybridized carbons (Fsp3) is 0.500. The van der Waals surface area contributed by atoms with Gasteiger partial charge in [-0.1, -0.05) is 48.4 Å². The second kappa shape index (κ2) is 6.28. The zero-order valence-electron chi connectivity index (χ0n) is 10.4. The van der Waals surface area contributed by atoms with Gasteiger partial charge < -0.3 is 4.90 Å². The number of nitroso groups, excluding NO2 is 1. The van der Waals surface area contributed by atoms with E-state index in [9.17, 15) is 9.70 Å². The second-order valence-corrected chi connectivity index (χ2v) is 4.66. The SMILES string of the molecule is O=NC(C(=O)N1CCCCCC1)c1ccccc1. The van der Waals surface area contributed by atoms with Crippen molar-refractivity contribution in [3.63, 3.8) is 0 Å². The molecule has 0 spiro atoms. The van der Waals surface area contributed by atoms with Gasteiger partial charge in [0.25, 0.3) is 5.91 Å². The summed E-state index contributed by atoms with van der Waals surface area (Å²) in [5, 5.41) is 3.02. The molecule has 1 atom stereocenters. The molecular formula is C14H18N2O2. The van der Waals surface area contributed by atoms with Crippen LogP contribution in [0, 0.1) is 4.91 Å². The van der Waals surface area contributed by atoms with Crippen molar-refractivity contribution in [2.24, 2.45) is 5.18 Å². The van der Waals surface area contributed by atoms with Gasteiger partial charge in [-0.2, -0.15) is 0 Å². The molecule has 1 unspecified atom stereocenters. The molecule has 0 saturated carbocycles. The number of likely N-dealkylation sites (tertiary alicyclic amines) is 1. The van der Waals surface area contributed by atoms with Gasteiger partial charge in [0.2, 0.25) is 0 Å². The van der Waals surface area contributed by atoms with Crippen molar-refractivity contribution >= 4 is 5.91 Å². The van der Waals surface area contributed by atoms with Gasteiger partial charge in [0.15, 0.2) is 6.04 Å². The van der Waals surface area contributed by atoms with Crippen molar-refractivity contribution in [3.05, 3.63) is 40.8 Å². The molecule has 0 N–H and O–H groups in total. The minimum Gasteiger partial charge on any atom is -0.340 e. The van der Waals surface area contributed by atoms with Gasteiger partial charge in [-0.15, -0.1) is 4.91 Å². The quantitative estimate of drug-likeness (QED) is 0.770. The summed E-state index contributed by atoms with van der Waals surface area (Å²) in [5.74, 6) is -0.155. The summed E-state index contributed by atoms with van der Waals surface area (Å²) < 4.78 is 0. The first-order valence-corrected chi connectivity index (χ1v) is 6.49. The first-order valence-electron chi connectivity index (χ1n) is 6.49. The van der Waals surface area contributed by atoms with E-state index < -0.39 is 6.04 Å². The predicted molar refractivity (Wildman–Crippen MR) is 70.0 cm³/mol. The number of nitrogens with zero attached hydrogens (tertiary/aromatic N) is 2. The number of carbonyl (C=O) groups is 1. The normalized spacial score (nSPS) is 17.9. The highest BCUT2D eigenvalue weighted by Gasteiger charge is 2.27. The summed E-state index contributed by atoms with van der Waals surface area (Å²) in [6.45, 7) is 1.50. The summed E-state index contributed by atoms with van der Waals surface area (Å²) in [6, 6.07) is 8.18. The van der Waals surface area contributed by atoms with Crippen molar-refractivity contribution in [3.8, 4) is 0 Å². The molecule has 1 saturated heterocycles. The highest BCUT2D eigenvalue weighted by molar-refractivity contribution is 5.83. The number of hydrogen-bond acceptors (Lipinski definition) is 3. The molecule has 1 heterocycles. The van der Waals surface area contributed by atoms with E-state index >= 15 is 0 Å². The van der Waals surface area contributed by atoms with Crippen LogP contribution in [0.25, 0.3) is 0 Å². The largest absolute Gasteiger partial charge is 0.340 e. The Bertz CT molecular complexity index is 398. The Morgan fingerprint density at radius 2 is 1.67 bits per heavy atom. The Balaban J connectivity index is 2.12. The first kappa shape index (κ1) is 12.7.